The Bertz CT molecular complexity index is 684. The van der Waals surface area contributed by atoms with Gasteiger partial charge in [0.15, 0.2) is 0 Å². The third kappa shape index (κ3) is 6.43. The molecule has 1 amide bonds. The maximum absolute atomic E-state index is 12.9. The smallest absolute Gasteiger partial charge is 0.222 e. The van der Waals surface area contributed by atoms with Crippen LogP contribution in [0.3, 0.4) is 0 Å². The number of nitrogens with zero attached hydrogens (tertiary/aromatic N) is 4. The molecule has 2 aromatic rings. The van der Waals surface area contributed by atoms with Gasteiger partial charge in [0.25, 0.3) is 0 Å². The largest absolute Gasteiger partial charge is 0.342 e. The van der Waals surface area contributed by atoms with Crippen LogP contribution >= 0.6 is 0 Å². The topological polar surface area (TPSA) is 49.3 Å². The molecule has 0 unspecified atom stereocenters. The number of carbonyl (C=O) groups is 1. The van der Waals surface area contributed by atoms with Crippen LogP contribution < -0.4 is 0 Å². The first-order valence-electron chi connectivity index (χ1n) is 9.96. The van der Waals surface area contributed by atoms with Crippen molar-refractivity contribution < 1.29 is 4.79 Å². The summed E-state index contributed by atoms with van der Waals surface area (Å²) < 4.78 is 0. The summed E-state index contributed by atoms with van der Waals surface area (Å²) in [5, 5.41) is 0. The van der Waals surface area contributed by atoms with Crippen LogP contribution in [0.15, 0.2) is 48.9 Å². The molecule has 0 aliphatic carbocycles. The van der Waals surface area contributed by atoms with Crippen LogP contribution in [0.5, 0.6) is 0 Å². The summed E-state index contributed by atoms with van der Waals surface area (Å²) in [5.74, 6) is 0.841. The van der Waals surface area contributed by atoms with Gasteiger partial charge >= 0.3 is 0 Å². The lowest BCUT2D eigenvalue weighted by Crippen LogP contribution is -2.41. The molecule has 5 nitrogen and oxygen atoms in total. The van der Waals surface area contributed by atoms with Crippen LogP contribution in [0.2, 0.25) is 0 Å². The van der Waals surface area contributed by atoms with E-state index in [1.807, 2.05) is 6.07 Å². The zero-order valence-corrected chi connectivity index (χ0v) is 16.3. The van der Waals surface area contributed by atoms with Crippen LogP contribution in [-0.4, -0.2) is 58.9 Å². The molecule has 1 saturated heterocycles. The van der Waals surface area contributed by atoms with E-state index in [1.165, 1.54) is 18.4 Å². The molecule has 2 heterocycles. The first-order valence-corrected chi connectivity index (χ1v) is 9.96. The second-order valence-corrected chi connectivity index (χ2v) is 7.52. The fourth-order valence-electron chi connectivity index (χ4n) is 3.64. The Morgan fingerprint density at radius 3 is 2.63 bits per heavy atom. The SMILES string of the molecule is CN1CCC(CN(CCc2ccccc2)C(=O)CCc2cnccn2)CC1. The second-order valence-electron chi connectivity index (χ2n) is 7.52. The molecule has 0 N–H and O–H groups in total. The Labute approximate surface area is 162 Å². The highest BCUT2D eigenvalue weighted by Gasteiger charge is 2.22. The van der Waals surface area contributed by atoms with Gasteiger partial charge in [-0.1, -0.05) is 30.3 Å². The van der Waals surface area contributed by atoms with Crippen LogP contribution in [0.4, 0.5) is 0 Å². The van der Waals surface area contributed by atoms with Crippen LogP contribution in [0.1, 0.15) is 30.5 Å². The third-order valence-corrected chi connectivity index (χ3v) is 5.39. The summed E-state index contributed by atoms with van der Waals surface area (Å²) in [6.07, 6.45) is 9.51. The Morgan fingerprint density at radius 2 is 1.93 bits per heavy atom. The van der Waals surface area contributed by atoms with E-state index in [9.17, 15) is 4.79 Å². The fraction of sp³-hybridized carbons (Fsp3) is 0.500. The number of aromatic nitrogens is 2. The quantitative estimate of drug-likeness (QED) is 0.721. The number of aryl methyl sites for hydroxylation is 1. The van der Waals surface area contributed by atoms with E-state index in [4.69, 9.17) is 0 Å². The number of likely N-dealkylation sites (tertiary alicyclic amines) is 1. The Hall–Kier alpha value is -2.27. The van der Waals surface area contributed by atoms with E-state index in [0.29, 0.717) is 18.8 Å². The lowest BCUT2D eigenvalue weighted by Gasteiger charge is -2.33. The summed E-state index contributed by atoms with van der Waals surface area (Å²) in [5.41, 5.74) is 2.17. The average Bonchev–Trinajstić information content (AvgIpc) is 2.72. The number of amides is 1. The molecule has 144 valence electrons. The van der Waals surface area contributed by atoms with Gasteiger partial charge in [0, 0.05) is 38.1 Å². The highest BCUT2D eigenvalue weighted by molar-refractivity contribution is 5.76. The van der Waals surface area contributed by atoms with Gasteiger partial charge in [-0.3, -0.25) is 14.8 Å². The van der Waals surface area contributed by atoms with Crippen molar-refractivity contribution >= 4 is 5.91 Å². The van der Waals surface area contributed by atoms with E-state index in [0.717, 1.165) is 38.3 Å². The molecule has 0 saturated carbocycles. The van der Waals surface area contributed by atoms with Crippen molar-refractivity contribution in [2.24, 2.45) is 5.92 Å². The molecule has 0 radical (unpaired) electrons. The van der Waals surface area contributed by atoms with Gasteiger partial charge in [-0.15, -0.1) is 0 Å². The summed E-state index contributed by atoms with van der Waals surface area (Å²) in [6.45, 7) is 3.92. The zero-order valence-electron chi connectivity index (χ0n) is 16.3. The summed E-state index contributed by atoms with van der Waals surface area (Å²) in [7, 11) is 2.18. The van der Waals surface area contributed by atoms with E-state index < -0.39 is 0 Å². The number of carbonyl (C=O) groups excluding carboxylic acids is 1. The van der Waals surface area contributed by atoms with Crippen molar-refractivity contribution in [3.05, 3.63) is 60.2 Å². The number of hydrogen-bond acceptors (Lipinski definition) is 4. The van der Waals surface area contributed by atoms with E-state index in [1.54, 1.807) is 18.6 Å². The van der Waals surface area contributed by atoms with Crippen molar-refractivity contribution in [3.8, 4) is 0 Å². The van der Waals surface area contributed by atoms with Crippen LogP contribution in [-0.2, 0) is 17.6 Å². The Kier molecular flexibility index (Phi) is 7.34. The molecule has 1 aliphatic rings. The minimum Gasteiger partial charge on any atom is -0.342 e. The highest BCUT2D eigenvalue weighted by Crippen LogP contribution is 2.18. The molecule has 0 spiro atoms. The first kappa shape index (κ1) is 19.5. The van der Waals surface area contributed by atoms with Crippen LogP contribution in [0.25, 0.3) is 0 Å². The van der Waals surface area contributed by atoms with Crippen molar-refractivity contribution in [1.29, 1.82) is 0 Å². The molecular formula is C22H30N4O. The van der Waals surface area contributed by atoms with Crippen LogP contribution in [0, 0.1) is 5.92 Å². The average molecular weight is 367 g/mol. The maximum atomic E-state index is 12.9. The molecule has 27 heavy (non-hydrogen) atoms. The van der Waals surface area contributed by atoms with Crippen molar-refractivity contribution in [2.75, 3.05) is 33.2 Å². The molecule has 0 atom stereocenters. The number of piperidine rings is 1. The minimum atomic E-state index is 0.232. The predicted octanol–water partition coefficient (Wildman–Crippen LogP) is 2.82. The molecule has 1 aromatic heterocycles. The molecule has 0 bridgehead atoms. The van der Waals surface area contributed by atoms with E-state index >= 15 is 0 Å². The number of hydrogen-bond donors (Lipinski definition) is 0. The monoisotopic (exact) mass is 366 g/mol. The molecule has 3 rings (SSSR count). The third-order valence-electron chi connectivity index (χ3n) is 5.39. The fourth-order valence-corrected chi connectivity index (χ4v) is 3.64. The van der Waals surface area contributed by atoms with Gasteiger partial charge in [0.05, 0.1) is 5.69 Å². The maximum Gasteiger partial charge on any atom is 0.222 e. The molecule has 1 fully saturated rings. The van der Waals surface area contributed by atoms with Gasteiger partial charge in [-0.05, 0) is 57.3 Å². The summed E-state index contributed by atoms with van der Waals surface area (Å²) in [4.78, 5) is 25.8. The first-order chi connectivity index (χ1) is 13.2. The van der Waals surface area contributed by atoms with Crippen molar-refractivity contribution in [1.82, 2.24) is 19.8 Å². The van der Waals surface area contributed by atoms with Gasteiger partial charge in [-0.25, -0.2) is 0 Å². The van der Waals surface area contributed by atoms with E-state index in [2.05, 4.69) is 51.1 Å². The minimum absolute atomic E-state index is 0.232. The second kappa shape index (κ2) is 10.2. The zero-order chi connectivity index (χ0) is 18.9. The lowest BCUT2D eigenvalue weighted by molar-refractivity contribution is -0.132. The van der Waals surface area contributed by atoms with Gasteiger partial charge < -0.3 is 9.80 Å². The van der Waals surface area contributed by atoms with Gasteiger partial charge in [0.1, 0.15) is 0 Å². The molecule has 5 heteroatoms. The standard InChI is InChI=1S/C22H30N4O/c1-25-14-9-20(10-15-25)18-26(16-11-19-5-3-2-4-6-19)22(27)8-7-21-17-23-12-13-24-21/h2-6,12-13,17,20H,7-11,14-16,18H2,1H3. The molecular weight excluding hydrogens is 336 g/mol. The summed E-state index contributed by atoms with van der Waals surface area (Å²) >= 11 is 0. The summed E-state index contributed by atoms with van der Waals surface area (Å²) in [6, 6.07) is 10.4. The number of rotatable bonds is 8. The van der Waals surface area contributed by atoms with E-state index in [-0.39, 0.29) is 5.91 Å². The van der Waals surface area contributed by atoms with Gasteiger partial charge in [0.2, 0.25) is 5.91 Å². The number of benzene rings is 1. The van der Waals surface area contributed by atoms with Crippen molar-refractivity contribution in [2.45, 2.75) is 32.1 Å². The predicted molar refractivity (Wildman–Crippen MR) is 107 cm³/mol. The molecule has 1 aromatic carbocycles. The Balaban J connectivity index is 1.57. The van der Waals surface area contributed by atoms with Crippen molar-refractivity contribution in [3.63, 3.8) is 0 Å². The normalized spacial score (nSPS) is 15.6. The Morgan fingerprint density at radius 1 is 1.15 bits per heavy atom. The lowest BCUT2D eigenvalue weighted by atomic mass is 9.96. The molecule has 1 aliphatic heterocycles. The highest BCUT2D eigenvalue weighted by atomic mass is 16.2. The van der Waals surface area contributed by atoms with Gasteiger partial charge in [-0.2, -0.15) is 0 Å².